The SMILES string of the molecule is C[C@@H](c1ccccc1)N(Cc1ccccc1)C(=O)C(F)(F)F. The number of amides is 1. The van der Waals surface area contributed by atoms with Crippen molar-refractivity contribution < 1.29 is 18.0 Å². The molecule has 0 aliphatic rings. The van der Waals surface area contributed by atoms with Crippen LogP contribution in [0.1, 0.15) is 24.1 Å². The molecule has 2 aromatic carbocycles. The number of hydrogen-bond donors (Lipinski definition) is 0. The standard InChI is InChI=1S/C17H16F3NO/c1-13(15-10-6-3-7-11-15)21(16(22)17(18,19)20)12-14-8-4-2-5-9-14/h2-11,13H,12H2,1H3/t13-/m0/s1. The van der Waals surface area contributed by atoms with Crippen molar-refractivity contribution in [2.24, 2.45) is 0 Å². The van der Waals surface area contributed by atoms with Crippen molar-refractivity contribution in [1.82, 2.24) is 4.90 Å². The Hall–Kier alpha value is -2.30. The molecule has 0 aromatic heterocycles. The van der Waals surface area contributed by atoms with Crippen molar-refractivity contribution in [3.05, 3.63) is 71.8 Å². The lowest BCUT2D eigenvalue weighted by Gasteiger charge is -2.30. The van der Waals surface area contributed by atoms with Gasteiger partial charge in [-0.05, 0) is 18.1 Å². The maximum atomic E-state index is 12.9. The van der Waals surface area contributed by atoms with Crippen molar-refractivity contribution in [1.29, 1.82) is 0 Å². The maximum Gasteiger partial charge on any atom is 0.471 e. The van der Waals surface area contributed by atoms with Crippen LogP contribution in [-0.4, -0.2) is 17.0 Å². The summed E-state index contributed by atoms with van der Waals surface area (Å²) in [7, 11) is 0. The van der Waals surface area contributed by atoms with E-state index in [2.05, 4.69) is 0 Å². The Morgan fingerprint density at radius 2 is 1.50 bits per heavy atom. The molecule has 0 aliphatic carbocycles. The summed E-state index contributed by atoms with van der Waals surface area (Å²) in [4.78, 5) is 12.6. The molecule has 0 saturated heterocycles. The second-order valence-corrected chi connectivity index (χ2v) is 5.00. The monoisotopic (exact) mass is 307 g/mol. The summed E-state index contributed by atoms with van der Waals surface area (Å²) in [5.41, 5.74) is 1.32. The zero-order valence-electron chi connectivity index (χ0n) is 12.0. The summed E-state index contributed by atoms with van der Waals surface area (Å²) in [5, 5.41) is 0. The van der Waals surface area contributed by atoms with Crippen LogP contribution < -0.4 is 0 Å². The Morgan fingerprint density at radius 3 is 2.00 bits per heavy atom. The third-order valence-corrected chi connectivity index (χ3v) is 3.45. The fraction of sp³-hybridized carbons (Fsp3) is 0.235. The molecule has 1 amide bonds. The molecule has 1 atom stereocenters. The Bertz CT molecular complexity index is 611. The third kappa shape index (κ3) is 3.87. The van der Waals surface area contributed by atoms with Crippen LogP contribution >= 0.6 is 0 Å². The molecule has 2 rings (SSSR count). The molecule has 0 heterocycles. The van der Waals surface area contributed by atoms with Gasteiger partial charge in [0, 0.05) is 6.54 Å². The Balaban J connectivity index is 2.31. The van der Waals surface area contributed by atoms with E-state index in [0.717, 1.165) is 4.90 Å². The fourth-order valence-electron chi connectivity index (χ4n) is 2.24. The van der Waals surface area contributed by atoms with Gasteiger partial charge >= 0.3 is 12.1 Å². The van der Waals surface area contributed by atoms with Crippen LogP contribution in [0.2, 0.25) is 0 Å². The van der Waals surface area contributed by atoms with Gasteiger partial charge in [0.2, 0.25) is 0 Å². The minimum Gasteiger partial charge on any atom is -0.324 e. The summed E-state index contributed by atoms with van der Waals surface area (Å²) in [5.74, 6) is -1.83. The lowest BCUT2D eigenvalue weighted by molar-refractivity contribution is -0.188. The van der Waals surface area contributed by atoms with Gasteiger partial charge < -0.3 is 4.90 Å². The number of benzene rings is 2. The molecular formula is C17H16F3NO. The Morgan fingerprint density at radius 1 is 1.00 bits per heavy atom. The molecule has 0 N–H and O–H groups in total. The third-order valence-electron chi connectivity index (χ3n) is 3.45. The molecule has 5 heteroatoms. The van der Waals surface area contributed by atoms with Gasteiger partial charge in [0.05, 0.1) is 6.04 Å². The van der Waals surface area contributed by atoms with E-state index in [1.807, 2.05) is 0 Å². The molecule has 0 radical (unpaired) electrons. The maximum absolute atomic E-state index is 12.9. The predicted molar refractivity (Wildman–Crippen MR) is 77.9 cm³/mol. The first-order chi connectivity index (χ1) is 10.4. The second kappa shape index (κ2) is 6.64. The number of carbonyl (C=O) groups is 1. The van der Waals surface area contributed by atoms with Crippen LogP contribution in [0.15, 0.2) is 60.7 Å². The number of alkyl halides is 3. The van der Waals surface area contributed by atoms with Crippen molar-refractivity contribution in [2.45, 2.75) is 25.7 Å². The topological polar surface area (TPSA) is 20.3 Å². The minimum atomic E-state index is -4.89. The second-order valence-electron chi connectivity index (χ2n) is 5.00. The molecular weight excluding hydrogens is 291 g/mol. The number of nitrogens with zero attached hydrogens (tertiary/aromatic N) is 1. The van der Waals surface area contributed by atoms with Gasteiger partial charge in [-0.25, -0.2) is 0 Å². The largest absolute Gasteiger partial charge is 0.471 e. The van der Waals surface area contributed by atoms with Gasteiger partial charge in [0.1, 0.15) is 0 Å². The molecule has 0 fully saturated rings. The van der Waals surface area contributed by atoms with Gasteiger partial charge in [0.25, 0.3) is 0 Å². The molecule has 0 aliphatic heterocycles. The first kappa shape index (κ1) is 16.1. The minimum absolute atomic E-state index is 0.0881. The average molecular weight is 307 g/mol. The molecule has 0 bridgehead atoms. The molecule has 22 heavy (non-hydrogen) atoms. The van der Waals surface area contributed by atoms with E-state index in [4.69, 9.17) is 0 Å². The lowest BCUT2D eigenvalue weighted by Crippen LogP contribution is -2.42. The summed E-state index contributed by atoms with van der Waals surface area (Å²) >= 11 is 0. The van der Waals surface area contributed by atoms with Gasteiger partial charge in [-0.3, -0.25) is 4.79 Å². The first-order valence-corrected chi connectivity index (χ1v) is 6.86. The highest BCUT2D eigenvalue weighted by Gasteiger charge is 2.44. The van der Waals surface area contributed by atoms with Crippen molar-refractivity contribution >= 4 is 5.91 Å². The van der Waals surface area contributed by atoms with Crippen molar-refractivity contribution in [2.75, 3.05) is 0 Å². The highest BCUT2D eigenvalue weighted by Crippen LogP contribution is 2.28. The van der Waals surface area contributed by atoms with E-state index in [1.165, 1.54) is 0 Å². The molecule has 0 unspecified atom stereocenters. The number of rotatable bonds is 4. The van der Waals surface area contributed by atoms with Crippen molar-refractivity contribution in [3.8, 4) is 0 Å². The zero-order valence-corrected chi connectivity index (χ0v) is 12.0. The van der Waals surface area contributed by atoms with Gasteiger partial charge in [-0.15, -0.1) is 0 Å². The lowest BCUT2D eigenvalue weighted by atomic mass is 10.1. The first-order valence-electron chi connectivity index (χ1n) is 6.86. The summed E-state index contributed by atoms with van der Waals surface area (Å²) < 4.78 is 38.7. The highest BCUT2D eigenvalue weighted by atomic mass is 19.4. The average Bonchev–Trinajstić information content (AvgIpc) is 2.52. The summed E-state index contributed by atoms with van der Waals surface area (Å²) in [6.07, 6.45) is -4.89. The number of carbonyl (C=O) groups excluding carboxylic acids is 1. The van der Waals surface area contributed by atoms with E-state index in [1.54, 1.807) is 67.6 Å². The molecule has 0 saturated carbocycles. The van der Waals surface area contributed by atoms with E-state index in [9.17, 15) is 18.0 Å². The number of halogens is 3. The Kier molecular flexibility index (Phi) is 4.85. The van der Waals surface area contributed by atoms with Crippen molar-refractivity contribution in [3.63, 3.8) is 0 Å². The molecule has 2 nitrogen and oxygen atoms in total. The van der Waals surface area contributed by atoms with Crippen LogP contribution in [0.4, 0.5) is 13.2 Å². The highest BCUT2D eigenvalue weighted by molar-refractivity contribution is 5.82. The fourth-order valence-corrected chi connectivity index (χ4v) is 2.24. The van der Waals surface area contributed by atoms with Crippen LogP contribution in [0.25, 0.3) is 0 Å². The van der Waals surface area contributed by atoms with Crippen LogP contribution in [0.5, 0.6) is 0 Å². The molecule has 116 valence electrons. The normalized spacial score (nSPS) is 12.7. The molecule has 0 spiro atoms. The summed E-state index contributed by atoms with van der Waals surface area (Å²) in [6.45, 7) is 1.51. The van der Waals surface area contributed by atoms with E-state index >= 15 is 0 Å². The van der Waals surface area contributed by atoms with Crippen LogP contribution in [-0.2, 0) is 11.3 Å². The summed E-state index contributed by atoms with van der Waals surface area (Å²) in [6, 6.07) is 16.7. The van der Waals surface area contributed by atoms with Gasteiger partial charge in [0.15, 0.2) is 0 Å². The zero-order chi connectivity index (χ0) is 16.2. The van der Waals surface area contributed by atoms with Gasteiger partial charge in [-0.1, -0.05) is 60.7 Å². The smallest absolute Gasteiger partial charge is 0.324 e. The van der Waals surface area contributed by atoms with E-state index in [-0.39, 0.29) is 6.54 Å². The quantitative estimate of drug-likeness (QED) is 0.823. The van der Waals surface area contributed by atoms with Gasteiger partial charge in [-0.2, -0.15) is 13.2 Å². The molecule has 2 aromatic rings. The van der Waals surface area contributed by atoms with Crippen LogP contribution in [0, 0.1) is 0 Å². The predicted octanol–water partition coefficient (Wildman–Crippen LogP) is 4.34. The van der Waals surface area contributed by atoms with E-state index in [0.29, 0.717) is 11.1 Å². The van der Waals surface area contributed by atoms with Crippen LogP contribution in [0.3, 0.4) is 0 Å². The van der Waals surface area contributed by atoms with E-state index < -0.39 is 18.1 Å². The Labute approximate surface area is 127 Å². The number of hydrogen-bond acceptors (Lipinski definition) is 1.